The molecule has 0 saturated carbocycles. The van der Waals surface area contributed by atoms with E-state index in [2.05, 4.69) is 61.1 Å². The molecular weight excluding hydrogens is 208 g/mol. The van der Waals surface area contributed by atoms with E-state index in [-0.39, 0.29) is 6.04 Å². The minimum atomic E-state index is 0.161. The van der Waals surface area contributed by atoms with Crippen LogP contribution in [0, 0.1) is 6.92 Å². The molecule has 0 amide bonds. The second-order valence-electron chi connectivity index (χ2n) is 4.62. The molecule has 2 aromatic rings. The van der Waals surface area contributed by atoms with Gasteiger partial charge in [-0.15, -0.1) is 0 Å². The predicted molar refractivity (Wildman–Crippen MR) is 71.9 cm³/mol. The summed E-state index contributed by atoms with van der Waals surface area (Å²) in [5.41, 5.74) is 9.85. The number of nitrogens with zero attached hydrogens (tertiary/aromatic N) is 1. The SMILES string of the molecule is CCC(N)c1ccn(Cc2ccc(C)cc2)c1. The molecule has 2 heteroatoms. The molecule has 0 fully saturated rings. The highest BCUT2D eigenvalue weighted by Gasteiger charge is 2.04. The minimum Gasteiger partial charge on any atom is -0.350 e. The van der Waals surface area contributed by atoms with Crippen molar-refractivity contribution < 1.29 is 0 Å². The van der Waals surface area contributed by atoms with Gasteiger partial charge >= 0.3 is 0 Å². The van der Waals surface area contributed by atoms with Crippen LogP contribution in [0.1, 0.15) is 36.1 Å². The average molecular weight is 228 g/mol. The summed E-state index contributed by atoms with van der Waals surface area (Å²) in [5, 5.41) is 0. The van der Waals surface area contributed by atoms with Gasteiger partial charge in [-0.1, -0.05) is 36.8 Å². The van der Waals surface area contributed by atoms with Gasteiger partial charge in [-0.25, -0.2) is 0 Å². The highest BCUT2D eigenvalue weighted by Crippen LogP contribution is 2.15. The van der Waals surface area contributed by atoms with Crippen LogP contribution in [-0.4, -0.2) is 4.57 Å². The Labute approximate surface area is 103 Å². The van der Waals surface area contributed by atoms with Crippen molar-refractivity contribution in [2.45, 2.75) is 32.9 Å². The van der Waals surface area contributed by atoms with Gasteiger partial charge in [-0.2, -0.15) is 0 Å². The van der Waals surface area contributed by atoms with Crippen molar-refractivity contribution in [1.82, 2.24) is 4.57 Å². The molecule has 2 rings (SSSR count). The lowest BCUT2D eigenvalue weighted by atomic mass is 10.1. The molecule has 0 bridgehead atoms. The largest absolute Gasteiger partial charge is 0.350 e. The van der Waals surface area contributed by atoms with E-state index in [0.29, 0.717) is 0 Å². The summed E-state index contributed by atoms with van der Waals surface area (Å²) in [4.78, 5) is 0. The fourth-order valence-corrected chi connectivity index (χ4v) is 1.92. The Morgan fingerprint density at radius 1 is 1.18 bits per heavy atom. The summed E-state index contributed by atoms with van der Waals surface area (Å²) >= 11 is 0. The Morgan fingerprint density at radius 2 is 1.88 bits per heavy atom. The first kappa shape index (κ1) is 11.9. The molecule has 90 valence electrons. The van der Waals surface area contributed by atoms with Crippen LogP contribution in [0.25, 0.3) is 0 Å². The van der Waals surface area contributed by atoms with E-state index in [0.717, 1.165) is 13.0 Å². The number of benzene rings is 1. The molecule has 0 aliphatic carbocycles. The van der Waals surface area contributed by atoms with Crippen LogP contribution >= 0.6 is 0 Å². The molecule has 17 heavy (non-hydrogen) atoms. The van der Waals surface area contributed by atoms with E-state index >= 15 is 0 Å². The van der Waals surface area contributed by atoms with Gasteiger partial charge in [0.05, 0.1) is 0 Å². The van der Waals surface area contributed by atoms with Gasteiger partial charge in [0.2, 0.25) is 0 Å². The monoisotopic (exact) mass is 228 g/mol. The standard InChI is InChI=1S/C15H20N2/c1-3-15(16)14-8-9-17(11-14)10-13-6-4-12(2)5-7-13/h4-9,11,15H,3,10,16H2,1-2H3. The zero-order valence-corrected chi connectivity index (χ0v) is 10.6. The Kier molecular flexibility index (Phi) is 3.64. The third kappa shape index (κ3) is 2.98. The molecule has 2 nitrogen and oxygen atoms in total. The van der Waals surface area contributed by atoms with Crippen LogP contribution in [0.5, 0.6) is 0 Å². The Balaban J connectivity index is 2.08. The van der Waals surface area contributed by atoms with Crippen molar-refractivity contribution in [3.63, 3.8) is 0 Å². The second kappa shape index (κ2) is 5.19. The van der Waals surface area contributed by atoms with Crippen LogP contribution in [0.2, 0.25) is 0 Å². The van der Waals surface area contributed by atoms with Crippen molar-refractivity contribution in [3.05, 3.63) is 59.4 Å². The normalized spacial score (nSPS) is 12.6. The van der Waals surface area contributed by atoms with E-state index in [4.69, 9.17) is 5.73 Å². The summed E-state index contributed by atoms with van der Waals surface area (Å²) in [6.07, 6.45) is 5.23. The third-order valence-corrected chi connectivity index (χ3v) is 3.13. The summed E-state index contributed by atoms with van der Waals surface area (Å²) in [6.45, 7) is 5.14. The van der Waals surface area contributed by atoms with Gasteiger partial charge in [-0.05, 0) is 30.5 Å². The fraction of sp³-hybridized carbons (Fsp3) is 0.333. The number of hydrogen-bond acceptors (Lipinski definition) is 1. The summed E-state index contributed by atoms with van der Waals surface area (Å²) in [5.74, 6) is 0. The van der Waals surface area contributed by atoms with Gasteiger partial charge in [0.1, 0.15) is 0 Å². The number of aryl methyl sites for hydroxylation is 1. The first-order chi connectivity index (χ1) is 8.19. The van der Waals surface area contributed by atoms with Crippen molar-refractivity contribution in [2.75, 3.05) is 0 Å². The Bertz CT molecular complexity index is 468. The molecule has 0 aliphatic rings. The molecule has 0 spiro atoms. The molecule has 1 aromatic carbocycles. The molecule has 1 unspecified atom stereocenters. The van der Waals surface area contributed by atoms with E-state index in [1.54, 1.807) is 0 Å². The second-order valence-corrected chi connectivity index (χ2v) is 4.62. The lowest BCUT2D eigenvalue weighted by molar-refractivity contribution is 0.693. The number of aromatic nitrogens is 1. The molecule has 2 N–H and O–H groups in total. The zero-order valence-electron chi connectivity index (χ0n) is 10.6. The lowest BCUT2D eigenvalue weighted by Crippen LogP contribution is -2.07. The summed E-state index contributed by atoms with van der Waals surface area (Å²) in [6, 6.07) is 10.9. The van der Waals surface area contributed by atoms with Crippen LogP contribution in [0.3, 0.4) is 0 Å². The maximum absolute atomic E-state index is 6.01. The van der Waals surface area contributed by atoms with E-state index in [1.165, 1.54) is 16.7 Å². The van der Waals surface area contributed by atoms with E-state index in [9.17, 15) is 0 Å². The lowest BCUT2D eigenvalue weighted by Gasteiger charge is -2.06. The van der Waals surface area contributed by atoms with Crippen LogP contribution in [0.4, 0.5) is 0 Å². The first-order valence-electron chi connectivity index (χ1n) is 6.16. The highest BCUT2D eigenvalue weighted by atomic mass is 14.9. The molecule has 0 radical (unpaired) electrons. The molecule has 0 saturated heterocycles. The smallest absolute Gasteiger partial charge is 0.0470 e. The topological polar surface area (TPSA) is 30.9 Å². The minimum absolute atomic E-state index is 0.161. The van der Waals surface area contributed by atoms with Crippen molar-refractivity contribution in [3.8, 4) is 0 Å². The van der Waals surface area contributed by atoms with Crippen LogP contribution in [-0.2, 0) is 6.54 Å². The van der Waals surface area contributed by atoms with Gasteiger partial charge in [0.25, 0.3) is 0 Å². The summed E-state index contributed by atoms with van der Waals surface area (Å²) < 4.78 is 2.19. The summed E-state index contributed by atoms with van der Waals surface area (Å²) in [7, 11) is 0. The zero-order chi connectivity index (χ0) is 12.3. The average Bonchev–Trinajstić information content (AvgIpc) is 2.80. The maximum Gasteiger partial charge on any atom is 0.0470 e. The molecular formula is C15H20N2. The Morgan fingerprint density at radius 3 is 2.53 bits per heavy atom. The quantitative estimate of drug-likeness (QED) is 0.855. The van der Waals surface area contributed by atoms with E-state index < -0.39 is 0 Å². The van der Waals surface area contributed by atoms with Crippen LogP contribution < -0.4 is 5.73 Å². The van der Waals surface area contributed by atoms with Gasteiger partial charge < -0.3 is 10.3 Å². The highest BCUT2D eigenvalue weighted by molar-refractivity contribution is 5.23. The van der Waals surface area contributed by atoms with Crippen LogP contribution in [0.15, 0.2) is 42.7 Å². The predicted octanol–water partition coefficient (Wildman–Crippen LogP) is 3.25. The molecule has 1 atom stereocenters. The van der Waals surface area contributed by atoms with Crippen molar-refractivity contribution in [1.29, 1.82) is 0 Å². The third-order valence-electron chi connectivity index (χ3n) is 3.13. The van der Waals surface area contributed by atoms with Gasteiger partial charge in [0.15, 0.2) is 0 Å². The number of rotatable bonds is 4. The van der Waals surface area contributed by atoms with Crippen molar-refractivity contribution >= 4 is 0 Å². The van der Waals surface area contributed by atoms with Gasteiger partial charge in [-0.3, -0.25) is 0 Å². The van der Waals surface area contributed by atoms with Gasteiger partial charge in [0, 0.05) is 25.0 Å². The maximum atomic E-state index is 6.01. The molecule has 1 aromatic heterocycles. The first-order valence-corrected chi connectivity index (χ1v) is 6.16. The number of nitrogens with two attached hydrogens (primary N) is 1. The Hall–Kier alpha value is -1.54. The molecule has 1 heterocycles. The van der Waals surface area contributed by atoms with E-state index in [1.807, 2.05) is 0 Å². The number of hydrogen-bond donors (Lipinski definition) is 1. The fourth-order valence-electron chi connectivity index (χ4n) is 1.92. The van der Waals surface area contributed by atoms with Crippen molar-refractivity contribution in [2.24, 2.45) is 5.73 Å². The molecule has 0 aliphatic heterocycles.